The van der Waals surface area contributed by atoms with E-state index < -0.39 is 22.5 Å². The summed E-state index contributed by atoms with van der Waals surface area (Å²) in [6.07, 6.45) is 1.31. The Balaban J connectivity index is 1.63. The van der Waals surface area contributed by atoms with Crippen molar-refractivity contribution in [1.29, 1.82) is 0 Å². The van der Waals surface area contributed by atoms with Gasteiger partial charge in [0.05, 0.1) is 10.6 Å². The maximum Gasteiger partial charge on any atom is 0.264 e. The first-order valence-electron chi connectivity index (χ1n) is 11.5. The van der Waals surface area contributed by atoms with Gasteiger partial charge in [0, 0.05) is 24.3 Å². The number of hydrogen-bond acceptors (Lipinski definition) is 4. The van der Waals surface area contributed by atoms with E-state index in [1.165, 1.54) is 0 Å². The molecule has 1 aliphatic rings. The Hall–Kier alpha value is -3.65. The molecule has 0 bridgehead atoms. The SMILES string of the molecule is Cc1ccc(S(=O)(=O)N(CC(=O)Nc2ccc(C)c(N3CCCC3=O)c2)c2ccccc2C)cc1. The molecule has 0 atom stereocenters. The van der Waals surface area contributed by atoms with Gasteiger partial charge in [0.1, 0.15) is 6.54 Å². The number of carbonyl (C=O) groups is 2. The molecule has 0 unspecified atom stereocenters. The van der Waals surface area contributed by atoms with Gasteiger partial charge in [0.15, 0.2) is 0 Å². The van der Waals surface area contributed by atoms with Gasteiger partial charge in [-0.05, 0) is 68.7 Å². The summed E-state index contributed by atoms with van der Waals surface area (Å²) in [5.41, 5.74) is 4.32. The summed E-state index contributed by atoms with van der Waals surface area (Å²) in [4.78, 5) is 27.2. The van der Waals surface area contributed by atoms with E-state index in [1.54, 1.807) is 53.4 Å². The molecule has 3 aromatic rings. The molecular weight excluding hydrogens is 462 g/mol. The Morgan fingerprint density at radius 1 is 0.971 bits per heavy atom. The van der Waals surface area contributed by atoms with Crippen LogP contribution in [0.25, 0.3) is 0 Å². The lowest BCUT2D eigenvalue weighted by Crippen LogP contribution is -2.38. The number of hydrogen-bond donors (Lipinski definition) is 1. The lowest BCUT2D eigenvalue weighted by Gasteiger charge is -2.26. The quantitative estimate of drug-likeness (QED) is 0.524. The third-order valence-electron chi connectivity index (χ3n) is 6.14. The fourth-order valence-corrected chi connectivity index (χ4v) is 5.68. The van der Waals surface area contributed by atoms with Gasteiger partial charge in [-0.2, -0.15) is 0 Å². The van der Waals surface area contributed by atoms with Crippen LogP contribution in [-0.4, -0.2) is 33.3 Å². The first-order valence-corrected chi connectivity index (χ1v) is 13.0. The molecule has 8 heteroatoms. The molecule has 0 spiro atoms. The zero-order valence-corrected chi connectivity index (χ0v) is 20.9. The van der Waals surface area contributed by atoms with Crippen molar-refractivity contribution in [3.05, 3.63) is 83.4 Å². The van der Waals surface area contributed by atoms with E-state index in [2.05, 4.69) is 5.32 Å². The Labute approximate surface area is 206 Å². The van der Waals surface area contributed by atoms with Crippen LogP contribution in [0.1, 0.15) is 29.5 Å². The van der Waals surface area contributed by atoms with Crippen molar-refractivity contribution in [3.63, 3.8) is 0 Å². The molecule has 3 aromatic carbocycles. The van der Waals surface area contributed by atoms with Gasteiger partial charge in [-0.15, -0.1) is 0 Å². The van der Waals surface area contributed by atoms with E-state index >= 15 is 0 Å². The summed E-state index contributed by atoms with van der Waals surface area (Å²) < 4.78 is 28.3. The highest BCUT2D eigenvalue weighted by molar-refractivity contribution is 7.92. The number of nitrogens with zero attached hydrogens (tertiary/aromatic N) is 2. The number of anilines is 3. The van der Waals surface area contributed by atoms with Gasteiger partial charge >= 0.3 is 0 Å². The molecule has 1 N–H and O–H groups in total. The van der Waals surface area contributed by atoms with Gasteiger partial charge in [0.2, 0.25) is 11.8 Å². The minimum Gasteiger partial charge on any atom is -0.324 e. The smallest absolute Gasteiger partial charge is 0.264 e. The van der Waals surface area contributed by atoms with Crippen LogP contribution in [0.4, 0.5) is 17.1 Å². The first-order chi connectivity index (χ1) is 16.7. The summed E-state index contributed by atoms with van der Waals surface area (Å²) in [6, 6.07) is 19.0. The number of nitrogens with one attached hydrogen (secondary N) is 1. The topological polar surface area (TPSA) is 86.8 Å². The normalized spacial score (nSPS) is 13.7. The Bertz CT molecular complexity index is 1370. The Morgan fingerprint density at radius 2 is 1.69 bits per heavy atom. The molecule has 0 saturated carbocycles. The summed E-state index contributed by atoms with van der Waals surface area (Å²) >= 11 is 0. The maximum absolute atomic E-state index is 13.6. The summed E-state index contributed by atoms with van der Waals surface area (Å²) in [5.74, 6) is -0.419. The fraction of sp³-hybridized carbons (Fsp3) is 0.259. The van der Waals surface area contributed by atoms with Crippen molar-refractivity contribution in [2.75, 3.05) is 27.6 Å². The molecule has 182 valence electrons. The maximum atomic E-state index is 13.6. The van der Waals surface area contributed by atoms with Crippen LogP contribution in [0.2, 0.25) is 0 Å². The zero-order valence-electron chi connectivity index (χ0n) is 20.1. The van der Waals surface area contributed by atoms with Crippen LogP contribution in [0.15, 0.2) is 71.6 Å². The predicted molar refractivity (Wildman–Crippen MR) is 138 cm³/mol. The van der Waals surface area contributed by atoms with Crippen molar-refractivity contribution in [3.8, 4) is 0 Å². The monoisotopic (exact) mass is 491 g/mol. The zero-order chi connectivity index (χ0) is 25.2. The Kier molecular flexibility index (Phi) is 6.93. The van der Waals surface area contributed by atoms with E-state index in [1.807, 2.05) is 39.0 Å². The third kappa shape index (κ3) is 5.22. The van der Waals surface area contributed by atoms with E-state index in [0.29, 0.717) is 24.3 Å². The van der Waals surface area contributed by atoms with Gasteiger partial charge in [0.25, 0.3) is 10.0 Å². The number of carbonyl (C=O) groups excluding carboxylic acids is 2. The lowest BCUT2D eigenvalue weighted by atomic mass is 10.1. The van der Waals surface area contributed by atoms with E-state index in [0.717, 1.165) is 33.1 Å². The van der Waals surface area contributed by atoms with Gasteiger partial charge in [-0.1, -0.05) is 42.0 Å². The number of rotatable bonds is 7. The minimum absolute atomic E-state index is 0.0616. The van der Waals surface area contributed by atoms with Crippen molar-refractivity contribution >= 4 is 38.9 Å². The van der Waals surface area contributed by atoms with Gasteiger partial charge < -0.3 is 10.2 Å². The molecule has 35 heavy (non-hydrogen) atoms. The molecule has 2 amide bonds. The molecule has 0 aliphatic carbocycles. The second kappa shape index (κ2) is 9.92. The molecule has 4 rings (SSSR count). The van der Waals surface area contributed by atoms with E-state index in [9.17, 15) is 18.0 Å². The highest BCUT2D eigenvalue weighted by Gasteiger charge is 2.28. The molecule has 7 nitrogen and oxygen atoms in total. The Morgan fingerprint density at radius 3 is 2.34 bits per heavy atom. The number of sulfonamides is 1. The van der Waals surface area contributed by atoms with E-state index in [-0.39, 0.29) is 10.8 Å². The van der Waals surface area contributed by atoms with Crippen molar-refractivity contribution in [2.24, 2.45) is 0 Å². The minimum atomic E-state index is -4.00. The summed E-state index contributed by atoms with van der Waals surface area (Å²) in [5, 5.41) is 2.82. The number of para-hydroxylation sites is 1. The highest BCUT2D eigenvalue weighted by atomic mass is 32.2. The third-order valence-corrected chi connectivity index (χ3v) is 7.91. The fourth-order valence-electron chi connectivity index (χ4n) is 4.19. The molecule has 1 saturated heterocycles. The average molecular weight is 492 g/mol. The standard InChI is InChI=1S/C27H29N3O4S/c1-19-10-14-23(15-11-19)35(33,34)30(24-8-5-4-7-20(24)2)18-26(31)28-22-13-12-21(3)25(17-22)29-16-6-9-27(29)32/h4-5,7-8,10-15,17H,6,9,16,18H2,1-3H3,(H,28,31). The number of amides is 2. The number of aryl methyl sites for hydroxylation is 3. The second-order valence-electron chi connectivity index (χ2n) is 8.81. The van der Waals surface area contributed by atoms with Crippen LogP contribution in [-0.2, 0) is 19.6 Å². The van der Waals surface area contributed by atoms with Crippen LogP contribution in [0, 0.1) is 20.8 Å². The summed E-state index contributed by atoms with van der Waals surface area (Å²) in [7, 11) is -4.00. The van der Waals surface area contributed by atoms with Crippen molar-refractivity contribution < 1.29 is 18.0 Å². The second-order valence-corrected chi connectivity index (χ2v) is 10.7. The largest absolute Gasteiger partial charge is 0.324 e. The molecule has 1 aliphatic heterocycles. The van der Waals surface area contributed by atoms with Crippen LogP contribution < -0.4 is 14.5 Å². The summed E-state index contributed by atoms with van der Waals surface area (Å²) in [6.45, 7) is 5.86. The van der Waals surface area contributed by atoms with E-state index in [4.69, 9.17) is 0 Å². The highest BCUT2D eigenvalue weighted by Crippen LogP contribution is 2.29. The van der Waals surface area contributed by atoms with Gasteiger partial charge in [-0.25, -0.2) is 8.42 Å². The average Bonchev–Trinajstić information content (AvgIpc) is 3.25. The molecule has 1 heterocycles. The molecular formula is C27H29N3O4S. The van der Waals surface area contributed by atoms with Crippen LogP contribution in [0.3, 0.4) is 0 Å². The van der Waals surface area contributed by atoms with Crippen LogP contribution >= 0.6 is 0 Å². The van der Waals surface area contributed by atoms with Crippen molar-refractivity contribution in [2.45, 2.75) is 38.5 Å². The molecule has 1 fully saturated rings. The number of benzene rings is 3. The lowest BCUT2D eigenvalue weighted by molar-refractivity contribution is -0.117. The first kappa shape index (κ1) is 24.5. The van der Waals surface area contributed by atoms with Crippen LogP contribution in [0.5, 0.6) is 0 Å². The van der Waals surface area contributed by atoms with Crippen molar-refractivity contribution in [1.82, 2.24) is 0 Å². The molecule has 0 radical (unpaired) electrons. The van der Waals surface area contributed by atoms with Gasteiger partial charge in [-0.3, -0.25) is 13.9 Å². The molecule has 0 aromatic heterocycles. The predicted octanol–water partition coefficient (Wildman–Crippen LogP) is 4.57.